The molecule has 1 aromatic carbocycles. The predicted molar refractivity (Wildman–Crippen MR) is 67.3 cm³/mol. The second-order valence-electron chi connectivity index (χ2n) is 4.03. The Labute approximate surface area is 100 Å². The Morgan fingerprint density at radius 1 is 1.50 bits per heavy atom. The summed E-state index contributed by atoms with van der Waals surface area (Å²) in [4.78, 5) is 12.1. The number of hydrogen-bond donors (Lipinski definition) is 0. The smallest absolute Gasteiger partial charge is 0.166 e. The third-order valence-corrected chi connectivity index (χ3v) is 3.98. The molecule has 0 saturated heterocycles. The zero-order chi connectivity index (χ0) is 11.5. The number of fused-ring (bicyclic) bond motifs is 1. The molecule has 0 amide bonds. The van der Waals surface area contributed by atoms with Gasteiger partial charge < -0.3 is 4.74 Å². The van der Waals surface area contributed by atoms with Gasteiger partial charge in [-0.3, -0.25) is 4.79 Å². The minimum absolute atomic E-state index is 0.114. The van der Waals surface area contributed by atoms with Crippen molar-refractivity contribution >= 4 is 17.5 Å². The summed E-state index contributed by atoms with van der Waals surface area (Å²) in [5, 5.41) is 0. The third-order valence-electron chi connectivity index (χ3n) is 2.73. The maximum atomic E-state index is 12.1. The van der Waals surface area contributed by atoms with Crippen LogP contribution in [0.3, 0.4) is 0 Å². The fourth-order valence-electron chi connectivity index (χ4n) is 1.85. The van der Waals surface area contributed by atoms with E-state index in [1.54, 1.807) is 0 Å². The van der Waals surface area contributed by atoms with Gasteiger partial charge in [-0.2, -0.15) is 11.8 Å². The lowest BCUT2D eigenvalue weighted by atomic mass is 9.97. The molecule has 0 fully saturated rings. The van der Waals surface area contributed by atoms with Gasteiger partial charge in [0.2, 0.25) is 0 Å². The molecule has 1 unspecified atom stereocenters. The molecule has 0 saturated carbocycles. The fourth-order valence-corrected chi connectivity index (χ4v) is 2.95. The summed E-state index contributed by atoms with van der Waals surface area (Å²) in [7, 11) is 0. The van der Waals surface area contributed by atoms with E-state index in [1.165, 1.54) is 0 Å². The molecule has 3 heteroatoms. The van der Waals surface area contributed by atoms with E-state index >= 15 is 0 Å². The number of benzene rings is 1. The average molecular weight is 236 g/mol. The van der Waals surface area contributed by atoms with E-state index < -0.39 is 0 Å². The Kier molecular flexibility index (Phi) is 3.54. The van der Waals surface area contributed by atoms with Gasteiger partial charge in [0, 0.05) is 23.0 Å². The van der Waals surface area contributed by atoms with Crippen LogP contribution in [0.25, 0.3) is 0 Å². The van der Waals surface area contributed by atoms with E-state index in [0.29, 0.717) is 6.61 Å². The van der Waals surface area contributed by atoms with Crippen molar-refractivity contribution in [2.24, 2.45) is 5.92 Å². The van der Waals surface area contributed by atoms with Crippen molar-refractivity contribution in [2.75, 3.05) is 12.4 Å². The Hall–Kier alpha value is -0.960. The number of Topliss-reactive ketones (excluding diaryl/α,β-unsaturated/α-hetero) is 1. The Bertz CT molecular complexity index is 401. The summed E-state index contributed by atoms with van der Waals surface area (Å²) in [5.41, 5.74) is 1.99. The van der Waals surface area contributed by atoms with Gasteiger partial charge in [0.05, 0.1) is 6.61 Å². The summed E-state index contributed by atoms with van der Waals surface area (Å²) >= 11 is 1.83. The molecule has 0 spiro atoms. The first-order valence-corrected chi connectivity index (χ1v) is 6.75. The molecule has 1 aliphatic rings. The molecule has 1 aromatic rings. The van der Waals surface area contributed by atoms with Crippen molar-refractivity contribution in [1.29, 1.82) is 0 Å². The van der Waals surface area contributed by atoms with Crippen LogP contribution in [0.1, 0.15) is 29.8 Å². The monoisotopic (exact) mass is 236 g/mol. The van der Waals surface area contributed by atoms with Crippen molar-refractivity contribution in [1.82, 2.24) is 0 Å². The van der Waals surface area contributed by atoms with Gasteiger partial charge in [-0.05, 0) is 24.6 Å². The van der Waals surface area contributed by atoms with Crippen LogP contribution < -0.4 is 4.74 Å². The second-order valence-corrected chi connectivity index (χ2v) is 5.06. The maximum Gasteiger partial charge on any atom is 0.166 e. The molecule has 16 heavy (non-hydrogen) atoms. The van der Waals surface area contributed by atoms with Gasteiger partial charge in [-0.15, -0.1) is 0 Å². The number of thioether (sulfide) groups is 1. The maximum absolute atomic E-state index is 12.1. The van der Waals surface area contributed by atoms with Gasteiger partial charge in [-0.25, -0.2) is 0 Å². The molecule has 2 nitrogen and oxygen atoms in total. The molecule has 0 radical (unpaired) electrons. The Morgan fingerprint density at radius 3 is 3.06 bits per heavy atom. The van der Waals surface area contributed by atoms with E-state index in [2.05, 4.69) is 0 Å². The average Bonchev–Trinajstić information content (AvgIpc) is 2.42. The van der Waals surface area contributed by atoms with E-state index in [0.717, 1.165) is 28.4 Å². The van der Waals surface area contributed by atoms with Crippen LogP contribution in [0.4, 0.5) is 0 Å². The highest BCUT2D eigenvalue weighted by Gasteiger charge is 2.22. The number of hydrogen-bond acceptors (Lipinski definition) is 3. The van der Waals surface area contributed by atoms with Crippen molar-refractivity contribution < 1.29 is 9.53 Å². The highest BCUT2D eigenvalue weighted by Crippen LogP contribution is 2.29. The van der Waals surface area contributed by atoms with Crippen LogP contribution in [-0.4, -0.2) is 18.1 Å². The Balaban J connectivity index is 2.38. The number of ketones is 1. The molecule has 0 bridgehead atoms. The lowest BCUT2D eigenvalue weighted by molar-refractivity contribution is 0.0941. The first-order valence-electron chi connectivity index (χ1n) is 5.60. The predicted octanol–water partition coefficient (Wildman–Crippen LogP) is 3.15. The lowest BCUT2D eigenvalue weighted by Gasteiger charge is -2.09. The molecule has 0 aromatic heterocycles. The first-order chi connectivity index (χ1) is 7.72. The zero-order valence-corrected chi connectivity index (χ0v) is 10.5. The van der Waals surface area contributed by atoms with E-state index in [4.69, 9.17) is 4.74 Å². The number of carbonyl (C=O) groups is 1. The highest BCUT2D eigenvalue weighted by molar-refractivity contribution is 7.98. The highest BCUT2D eigenvalue weighted by atomic mass is 32.2. The molecule has 1 atom stereocenters. The standard InChI is InChI=1S/C13H16O2S/c1-3-15-11-5-4-10-8-16-7-9(2)13(14)12(10)6-11/h4-6,9H,3,7-8H2,1-2H3. The third kappa shape index (κ3) is 2.24. The fraction of sp³-hybridized carbons (Fsp3) is 0.462. The molecular weight excluding hydrogens is 220 g/mol. The van der Waals surface area contributed by atoms with E-state index in [-0.39, 0.29) is 11.7 Å². The van der Waals surface area contributed by atoms with Crippen LogP contribution in [-0.2, 0) is 5.75 Å². The second kappa shape index (κ2) is 4.91. The topological polar surface area (TPSA) is 26.3 Å². The van der Waals surface area contributed by atoms with Crippen LogP contribution in [0.15, 0.2) is 18.2 Å². The summed E-state index contributed by atoms with van der Waals surface area (Å²) in [6, 6.07) is 5.86. The van der Waals surface area contributed by atoms with Gasteiger partial charge in [0.15, 0.2) is 5.78 Å². The number of ether oxygens (including phenoxy) is 1. The first kappa shape index (κ1) is 11.5. The van der Waals surface area contributed by atoms with Gasteiger partial charge >= 0.3 is 0 Å². The van der Waals surface area contributed by atoms with Crippen molar-refractivity contribution in [3.8, 4) is 5.75 Å². The normalized spacial score (nSPS) is 20.1. The molecule has 2 rings (SSSR count). The lowest BCUT2D eigenvalue weighted by Crippen LogP contribution is -2.12. The molecule has 1 heterocycles. The quantitative estimate of drug-likeness (QED) is 0.789. The van der Waals surface area contributed by atoms with E-state index in [1.807, 2.05) is 43.8 Å². The molecule has 1 aliphatic heterocycles. The van der Waals surface area contributed by atoms with Crippen LogP contribution in [0.5, 0.6) is 5.75 Å². The Morgan fingerprint density at radius 2 is 2.31 bits per heavy atom. The van der Waals surface area contributed by atoms with Gasteiger partial charge in [-0.1, -0.05) is 13.0 Å². The number of carbonyl (C=O) groups excluding carboxylic acids is 1. The van der Waals surface area contributed by atoms with Gasteiger partial charge in [0.25, 0.3) is 0 Å². The van der Waals surface area contributed by atoms with Crippen molar-refractivity contribution in [3.63, 3.8) is 0 Å². The zero-order valence-electron chi connectivity index (χ0n) is 9.66. The molecular formula is C13H16O2S. The van der Waals surface area contributed by atoms with Crippen LogP contribution in [0, 0.1) is 5.92 Å². The molecule has 86 valence electrons. The summed E-state index contributed by atoms with van der Waals surface area (Å²) in [5.74, 6) is 3.01. The van der Waals surface area contributed by atoms with Gasteiger partial charge in [0.1, 0.15) is 5.75 Å². The summed E-state index contributed by atoms with van der Waals surface area (Å²) in [6.45, 7) is 4.58. The SMILES string of the molecule is CCOc1ccc2c(c1)C(=O)C(C)CSC2. The van der Waals surface area contributed by atoms with Crippen molar-refractivity contribution in [3.05, 3.63) is 29.3 Å². The van der Waals surface area contributed by atoms with E-state index in [9.17, 15) is 4.79 Å². The molecule has 0 aliphatic carbocycles. The molecule has 0 N–H and O–H groups in total. The largest absolute Gasteiger partial charge is 0.494 e. The summed E-state index contributed by atoms with van der Waals surface area (Å²) < 4.78 is 5.44. The number of rotatable bonds is 2. The summed E-state index contributed by atoms with van der Waals surface area (Å²) in [6.07, 6.45) is 0. The minimum Gasteiger partial charge on any atom is -0.494 e. The van der Waals surface area contributed by atoms with Crippen molar-refractivity contribution in [2.45, 2.75) is 19.6 Å². The minimum atomic E-state index is 0.114. The van der Waals surface area contributed by atoms with Crippen LogP contribution >= 0.6 is 11.8 Å². The van der Waals surface area contributed by atoms with Crippen LogP contribution in [0.2, 0.25) is 0 Å².